The summed E-state index contributed by atoms with van der Waals surface area (Å²) in [5.74, 6) is -2.41. The number of aliphatic imine (C=N–C) groups is 1. The quantitative estimate of drug-likeness (QED) is 0.0264. The molecule has 12 unspecified atom stereocenters. The molecule has 12 atom stereocenters. The Morgan fingerprint density at radius 3 is 2.36 bits per heavy atom. The van der Waals surface area contributed by atoms with E-state index in [0.29, 0.717) is 84.4 Å². The monoisotopic (exact) mass is 1140 g/mol. The van der Waals surface area contributed by atoms with Crippen LogP contribution >= 0.6 is 0 Å². The van der Waals surface area contributed by atoms with Gasteiger partial charge >= 0.3 is 0 Å². The highest BCUT2D eigenvalue weighted by atomic mass is 16.3. The summed E-state index contributed by atoms with van der Waals surface area (Å²) in [5.41, 5.74) is 22.0. The average Bonchev–Trinajstić information content (AvgIpc) is 1.91. The number of phenolic OH excluding ortho intramolecular Hbond substituents is 1. The molecule has 16 nitrogen and oxygen atoms in total. The van der Waals surface area contributed by atoms with E-state index in [2.05, 4.69) is 27.5 Å². The fourth-order valence-corrected chi connectivity index (χ4v) is 14.6. The first kappa shape index (κ1) is 63.2. The first-order valence-electron chi connectivity index (χ1n) is 30.2. The van der Waals surface area contributed by atoms with Crippen LogP contribution in [-0.2, 0) is 28.9 Å². The summed E-state index contributed by atoms with van der Waals surface area (Å²) in [6, 6.07) is 19.0. The maximum absolute atomic E-state index is 15.1. The molecule has 8 rings (SSSR count). The van der Waals surface area contributed by atoms with E-state index in [1.807, 2.05) is 62.4 Å². The Kier molecular flexibility index (Phi) is 20.9. The number of fused-ring (bicyclic) bond motifs is 4. The molecule has 2 aliphatic heterocycles. The Morgan fingerprint density at radius 2 is 1.66 bits per heavy atom. The summed E-state index contributed by atoms with van der Waals surface area (Å²) >= 11 is 0. The van der Waals surface area contributed by atoms with Gasteiger partial charge in [0, 0.05) is 49.7 Å². The Morgan fingerprint density at radius 1 is 0.952 bits per heavy atom. The van der Waals surface area contributed by atoms with Gasteiger partial charge in [-0.3, -0.25) is 25.2 Å². The number of benzene rings is 3. The average molecular weight is 1140 g/mol. The van der Waals surface area contributed by atoms with Crippen molar-refractivity contribution in [3.8, 4) is 5.75 Å². The number of Topliss-reactive ketones (excluding diaryl/α,β-unsaturated/α-hetero) is 1. The number of nitrogens with zero attached hydrogens (tertiary/aromatic N) is 1. The number of amides is 1. The molecule has 0 radical (unpaired) electrons. The fourth-order valence-electron chi connectivity index (χ4n) is 14.6. The number of nitrogens with one attached hydrogen (secondary N) is 3. The van der Waals surface area contributed by atoms with Gasteiger partial charge in [0.2, 0.25) is 5.91 Å². The fraction of sp³-hybridized carbons (Fsp3) is 0.537. The van der Waals surface area contributed by atoms with Crippen LogP contribution in [0, 0.1) is 29.1 Å². The summed E-state index contributed by atoms with van der Waals surface area (Å²) < 4.78 is 0. The summed E-state index contributed by atoms with van der Waals surface area (Å²) in [4.78, 5) is 33.7. The van der Waals surface area contributed by atoms with Crippen LogP contribution in [-0.4, -0.2) is 109 Å². The number of rotatable bonds is 14. The van der Waals surface area contributed by atoms with E-state index in [1.165, 1.54) is 19.3 Å². The molecule has 16 heteroatoms. The van der Waals surface area contributed by atoms with Gasteiger partial charge in [-0.15, -0.1) is 0 Å². The van der Waals surface area contributed by atoms with E-state index in [1.54, 1.807) is 56.3 Å². The number of hydrogen-bond acceptors (Lipinski definition) is 13. The van der Waals surface area contributed by atoms with Crippen molar-refractivity contribution in [2.45, 2.75) is 172 Å². The highest BCUT2D eigenvalue weighted by Gasteiger charge is 2.64. The standard InChI is InChI=1S/C67H93N7O9/c1-40(2)26-31-67(83,73-36-43-13-7-6-8-14-43)41(3)12-9-18-48(39-75)52-28-30-66(61(52)80)56-25-24-50(77)33-44-15-10-16-45(32-44)34-54(55(37-72-64(69)70)46-20-22-49(76)23-21-46)58(79)38-71-60-59-47(17-11-19-53(59)62(68)74-63(60)81)35-57(78)42(4)51(56)27-29-65(66,5)82/h9-12,15-23,26,32,43,50,52,54-56,58,60-62,71,73,75-77,79-80,82-83H,3,6-8,13-14,24-25,27-31,33-39,68H2,1-2,4-5H3,(H,74,81)(H4,69,70,72). The Labute approximate surface area is 490 Å². The van der Waals surface area contributed by atoms with E-state index in [0.717, 1.165) is 40.7 Å². The zero-order valence-corrected chi connectivity index (χ0v) is 49.2. The van der Waals surface area contributed by atoms with Gasteiger partial charge < -0.3 is 58.3 Å². The molecule has 16 N–H and O–H groups in total. The number of hydrogen-bond donors (Lipinski definition) is 13. The molecule has 3 aliphatic carbocycles. The third-order valence-electron chi connectivity index (χ3n) is 19.4. The lowest BCUT2D eigenvalue weighted by molar-refractivity contribution is -0.168. The maximum Gasteiger partial charge on any atom is 0.243 e. The van der Waals surface area contributed by atoms with Gasteiger partial charge in [-0.1, -0.05) is 116 Å². The van der Waals surface area contributed by atoms with Gasteiger partial charge in [-0.2, -0.15) is 0 Å². The van der Waals surface area contributed by atoms with Crippen LogP contribution in [0.3, 0.4) is 0 Å². The molecule has 3 aromatic rings. The van der Waals surface area contributed by atoms with Gasteiger partial charge in [0.05, 0.1) is 30.5 Å². The molecular weight excluding hydrogens is 1050 g/mol. The van der Waals surface area contributed by atoms with Crippen molar-refractivity contribution in [3.63, 3.8) is 0 Å². The van der Waals surface area contributed by atoms with Crippen LogP contribution in [0.2, 0.25) is 0 Å². The Balaban J connectivity index is 1.16. The number of carbonyl (C=O) groups is 2. The molecule has 1 spiro atoms. The zero-order chi connectivity index (χ0) is 59.8. The van der Waals surface area contributed by atoms with Crippen molar-refractivity contribution in [1.29, 1.82) is 0 Å². The number of aliphatic hydroxyl groups excluding tert-OH is 4. The molecule has 0 saturated heterocycles. The van der Waals surface area contributed by atoms with Crippen molar-refractivity contribution in [1.82, 2.24) is 16.0 Å². The predicted molar refractivity (Wildman–Crippen MR) is 325 cm³/mol. The van der Waals surface area contributed by atoms with Crippen LogP contribution in [0.15, 0.2) is 130 Å². The lowest BCUT2D eigenvalue weighted by atomic mass is 9.52. The molecule has 2 heterocycles. The summed E-state index contributed by atoms with van der Waals surface area (Å²) in [6.45, 7) is 12.2. The van der Waals surface area contributed by atoms with E-state index >= 15 is 4.79 Å². The molecule has 3 fully saturated rings. The number of nitrogens with two attached hydrogens (primary N) is 3. The first-order valence-corrected chi connectivity index (χ1v) is 30.2. The number of β-amino-alcohol motifs (C(OH)–C–C–N with tert-alkyl or cyclic N) is 1. The topological polar surface area (TPSA) is 302 Å². The number of aromatic hydroxyl groups is 1. The van der Waals surface area contributed by atoms with Crippen LogP contribution in [0.25, 0.3) is 0 Å². The summed E-state index contributed by atoms with van der Waals surface area (Å²) in [5, 5.41) is 93.6. The number of aliphatic hydroxyl groups is 6. The third kappa shape index (κ3) is 14.5. The van der Waals surface area contributed by atoms with Crippen LogP contribution in [0.1, 0.15) is 156 Å². The SMILES string of the molecule is C=C(C=CC=C(CO)C1CCC2(C3CCC(O)Cc4cccc(c4)CC(C(CN=C(N)N)c4ccc(O)cc4)C(O)CNC4C(=O)NC(N)c5cccc(c54)CC(=O)C(C)=C3CCC2(C)O)C1O)C(O)(CC=C(C)C)NCC1CCCCC1. The van der Waals surface area contributed by atoms with Gasteiger partial charge in [0.1, 0.15) is 23.7 Å². The molecule has 83 heavy (non-hydrogen) atoms. The Bertz CT molecular complexity index is 2940. The van der Waals surface area contributed by atoms with Crippen molar-refractivity contribution in [2.24, 2.45) is 51.3 Å². The second-order valence-electron chi connectivity index (χ2n) is 25.1. The van der Waals surface area contributed by atoms with Crippen molar-refractivity contribution < 1.29 is 45.3 Å². The highest BCUT2D eigenvalue weighted by Crippen LogP contribution is 2.63. The minimum absolute atomic E-state index is 0.0665. The molecule has 2 bridgehead atoms. The number of allylic oxidation sites excluding steroid dienone is 5. The molecule has 450 valence electrons. The van der Waals surface area contributed by atoms with E-state index in [9.17, 15) is 40.5 Å². The van der Waals surface area contributed by atoms with Crippen LogP contribution in [0.5, 0.6) is 5.75 Å². The van der Waals surface area contributed by atoms with Crippen LogP contribution in [0.4, 0.5) is 0 Å². The van der Waals surface area contributed by atoms with Gasteiger partial charge in [-0.25, -0.2) is 0 Å². The van der Waals surface area contributed by atoms with Crippen LogP contribution < -0.4 is 33.2 Å². The molecule has 3 saturated carbocycles. The largest absolute Gasteiger partial charge is 0.508 e. The van der Waals surface area contributed by atoms with Gasteiger partial charge in [0.15, 0.2) is 11.7 Å². The molecule has 3 aromatic carbocycles. The van der Waals surface area contributed by atoms with E-state index in [4.69, 9.17) is 17.2 Å². The van der Waals surface area contributed by atoms with Gasteiger partial charge in [0.25, 0.3) is 0 Å². The lowest BCUT2D eigenvalue weighted by Gasteiger charge is -2.56. The summed E-state index contributed by atoms with van der Waals surface area (Å²) in [6.07, 6.45) is 12.0. The minimum atomic E-state index is -1.43. The molecule has 1 amide bonds. The second-order valence-corrected chi connectivity index (χ2v) is 25.1. The van der Waals surface area contributed by atoms with E-state index < -0.39 is 76.8 Å². The van der Waals surface area contributed by atoms with E-state index in [-0.39, 0.29) is 62.9 Å². The molecular formula is C67H93N7O9. The van der Waals surface area contributed by atoms with Crippen molar-refractivity contribution in [3.05, 3.63) is 159 Å². The third-order valence-corrected chi connectivity index (χ3v) is 19.4. The highest BCUT2D eigenvalue weighted by molar-refractivity contribution is 5.98. The number of carbonyl (C=O) groups excluding carboxylic acids is 2. The smallest absolute Gasteiger partial charge is 0.243 e. The van der Waals surface area contributed by atoms with Gasteiger partial charge in [-0.05, 0) is 172 Å². The second kappa shape index (κ2) is 27.5. The zero-order valence-electron chi connectivity index (χ0n) is 49.2. The normalized spacial score (nSPS) is 29.7. The maximum atomic E-state index is 15.1. The number of phenols is 1. The lowest BCUT2D eigenvalue weighted by Crippen LogP contribution is -2.59. The minimum Gasteiger partial charge on any atom is -0.508 e. The number of guanidine groups is 1. The Hall–Kier alpha value is -5.79. The predicted octanol–water partition coefficient (Wildman–Crippen LogP) is 6.68. The number of ketones is 1. The van der Waals surface area contributed by atoms with Crippen molar-refractivity contribution >= 4 is 17.6 Å². The molecule has 5 aliphatic rings. The summed E-state index contributed by atoms with van der Waals surface area (Å²) in [7, 11) is 0. The van der Waals surface area contributed by atoms with Crippen molar-refractivity contribution in [2.75, 3.05) is 26.2 Å². The first-order chi connectivity index (χ1) is 39.5. The molecule has 0 aromatic heterocycles.